The molecular formula is C8H6N6O. The minimum absolute atomic E-state index is 0.0271. The lowest BCUT2D eigenvalue weighted by Crippen LogP contribution is -1.81. The quantitative estimate of drug-likeness (QED) is 0.456. The molecule has 0 aliphatic carbocycles. The fraction of sp³-hybridized carbons (Fsp3) is 0. The molecule has 0 spiro atoms. The molecule has 0 atom stereocenters. The van der Waals surface area contributed by atoms with Gasteiger partial charge in [-0.05, 0) is 11.6 Å². The molecule has 0 aliphatic heterocycles. The number of rotatable bonds is 2. The van der Waals surface area contributed by atoms with Gasteiger partial charge in [-0.25, -0.2) is 0 Å². The monoisotopic (exact) mass is 202 g/mol. The second-order valence-corrected chi connectivity index (χ2v) is 2.65. The molecule has 1 heterocycles. The zero-order valence-corrected chi connectivity index (χ0v) is 7.53. The predicted octanol–water partition coefficient (Wildman–Crippen LogP) is 2.26. The number of benzene rings is 1. The predicted molar refractivity (Wildman–Crippen MR) is 53.0 cm³/mol. The summed E-state index contributed by atoms with van der Waals surface area (Å²) in [5.41, 5.74) is 14.6. The van der Waals surface area contributed by atoms with Crippen LogP contribution in [0.5, 0.6) is 0 Å². The first kappa shape index (κ1) is 9.04. The molecule has 0 radical (unpaired) electrons. The summed E-state index contributed by atoms with van der Waals surface area (Å²) in [6.07, 6.45) is 0. The topological polar surface area (TPSA) is 114 Å². The first-order chi connectivity index (χ1) is 7.31. The van der Waals surface area contributed by atoms with Crippen molar-refractivity contribution in [2.24, 2.45) is 5.11 Å². The number of azide groups is 1. The number of hydrogen-bond donors (Lipinski definition) is 1. The van der Waals surface area contributed by atoms with Gasteiger partial charge in [-0.3, -0.25) is 0 Å². The fourth-order valence-corrected chi connectivity index (χ4v) is 1.13. The van der Waals surface area contributed by atoms with Crippen LogP contribution < -0.4 is 5.73 Å². The summed E-state index contributed by atoms with van der Waals surface area (Å²) in [5, 5.41) is 10.7. The van der Waals surface area contributed by atoms with Gasteiger partial charge in [0.15, 0.2) is 0 Å². The van der Waals surface area contributed by atoms with Crippen molar-refractivity contribution in [3.05, 3.63) is 34.7 Å². The van der Waals surface area contributed by atoms with Crippen molar-refractivity contribution in [1.29, 1.82) is 0 Å². The Hall–Kier alpha value is -2.53. The first-order valence-corrected chi connectivity index (χ1v) is 4.05. The normalized spacial score (nSPS) is 9.60. The molecule has 2 N–H and O–H groups in total. The van der Waals surface area contributed by atoms with Crippen molar-refractivity contribution < 1.29 is 4.42 Å². The molecule has 0 unspecified atom stereocenters. The number of nitrogens with two attached hydrogens (primary N) is 1. The Morgan fingerprint density at radius 1 is 1.33 bits per heavy atom. The highest BCUT2D eigenvalue weighted by atomic mass is 16.4. The second-order valence-electron chi connectivity index (χ2n) is 2.65. The van der Waals surface area contributed by atoms with E-state index in [2.05, 4.69) is 20.2 Å². The second kappa shape index (κ2) is 3.69. The van der Waals surface area contributed by atoms with Gasteiger partial charge in [0.2, 0.25) is 5.89 Å². The van der Waals surface area contributed by atoms with Gasteiger partial charge in [-0.15, -0.1) is 5.10 Å². The van der Waals surface area contributed by atoms with E-state index < -0.39 is 0 Å². The van der Waals surface area contributed by atoms with Gasteiger partial charge in [-0.2, -0.15) is 0 Å². The zero-order chi connectivity index (χ0) is 10.7. The van der Waals surface area contributed by atoms with Crippen LogP contribution in [0.25, 0.3) is 21.9 Å². The number of anilines is 1. The van der Waals surface area contributed by atoms with Crippen molar-refractivity contribution >= 4 is 11.7 Å². The molecule has 0 fully saturated rings. The van der Waals surface area contributed by atoms with Gasteiger partial charge < -0.3 is 10.2 Å². The van der Waals surface area contributed by atoms with Crippen molar-refractivity contribution in [3.8, 4) is 11.5 Å². The van der Waals surface area contributed by atoms with Crippen molar-refractivity contribution in [2.45, 2.75) is 0 Å². The average molecular weight is 202 g/mol. The summed E-state index contributed by atoms with van der Waals surface area (Å²) >= 11 is 0. The summed E-state index contributed by atoms with van der Waals surface area (Å²) in [5.74, 6) is 0.232. The molecule has 15 heavy (non-hydrogen) atoms. The van der Waals surface area contributed by atoms with Gasteiger partial charge in [0.1, 0.15) is 0 Å². The van der Waals surface area contributed by atoms with E-state index in [0.717, 1.165) is 0 Å². The van der Waals surface area contributed by atoms with Crippen LogP contribution in [0.3, 0.4) is 0 Å². The van der Waals surface area contributed by atoms with E-state index in [1.807, 2.05) is 0 Å². The maximum atomic E-state index is 8.36. The van der Waals surface area contributed by atoms with Crippen LogP contribution in [0.1, 0.15) is 0 Å². The third-order valence-corrected chi connectivity index (χ3v) is 1.73. The van der Waals surface area contributed by atoms with Crippen molar-refractivity contribution in [1.82, 2.24) is 10.2 Å². The molecule has 0 amide bonds. The van der Waals surface area contributed by atoms with Gasteiger partial charge >= 0.3 is 6.01 Å². The lowest BCUT2D eigenvalue weighted by molar-refractivity contribution is 0.590. The number of nitrogen functional groups attached to an aromatic ring is 1. The molecule has 74 valence electrons. The summed E-state index contributed by atoms with van der Waals surface area (Å²) < 4.78 is 5.03. The molecule has 0 saturated heterocycles. The molecule has 2 rings (SSSR count). The van der Waals surface area contributed by atoms with Crippen molar-refractivity contribution in [3.63, 3.8) is 0 Å². The van der Waals surface area contributed by atoms with E-state index in [1.54, 1.807) is 24.3 Å². The summed E-state index contributed by atoms with van der Waals surface area (Å²) in [7, 11) is 0. The Labute approximate surface area is 84.2 Å². The average Bonchev–Trinajstić information content (AvgIpc) is 2.66. The Morgan fingerprint density at radius 2 is 2.13 bits per heavy atom. The van der Waals surface area contributed by atoms with E-state index in [9.17, 15) is 0 Å². The summed E-state index contributed by atoms with van der Waals surface area (Å²) in [4.78, 5) is 2.70. The Bertz CT molecular complexity index is 527. The van der Waals surface area contributed by atoms with Crippen LogP contribution in [-0.4, -0.2) is 10.2 Å². The summed E-state index contributed by atoms with van der Waals surface area (Å²) in [6.45, 7) is 0. The third-order valence-electron chi connectivity index (χ3n) is 1.73. The minimum atomic E-state index is -0.0271. The van der Waals surface area contributed by atoms with E-state index in [-0.39, 0.29) is 11.9 Å². The van der Waals surface area contributed by atoms with Crippen LogP contribution in [-0.2, 0) is 0 Å². The number of nitrogens with zero attached hydrogens (tertiary/aromatic N) is 5. The Morgan fingerprint density at radius 3 is 2.80 bits per heavy atom. The fourth-order valence-electron chi connectivity index (χ4n) is 1.13. The van der Waals surface area contributed by atoms with E-state index in [4.69, 9.17) is 15.7 Å². The lowest BCUT2D eigenvalue weighted by Gasteiger charge is -1.97. The van der Waals surface area contributed by atoms with E-state index in [0.29, 0.717) is 11.3 Å². The summed E-state index contributed by atoms with van der Waals surface area (Å²) in [6, 6.07) is 6.84. The van der Waals surface area contributed by atoms with Gasteiger partial charge in [0.25, 0.3) is 0 Å². The zero-order valence-electron chi connectivity index (χ0n) is 7.53. The third kappa shape index (κ3) is 1.72. The van der Waals surface area contributed by atoms with E-state index >= 15 is 0 Å². The highest BCUT2D eigenvalue weighted by Gasteiger charge is 2.09. The number of aromatic nitrogens is 2. The van der Waals surface area contributed by atoms with Gasteiger partial charge in [0, 0.05) is 10.5 Å². The number of hydrogen-bond acceptors (Lipinski definition) is 5. The molecule has 7 heteroatoms. The van der Waals surface area contributed by atoms with Crippen LogP contribution in [0, 0.1) is 0 Å². The van der Waals surface area contributed by atoms with Crippen LogP contribution in [0.15, 0.2) is 33.8 Å². The van der Waals surface area contributed by atoms with Crippen LogP contribution in [0.2, 0.25) is 0 Å². The van der Waals surface area contributed by atoms with Crippen LogP contribution >= 0.6 is 0 Å². The molecule has 0 aliphatic rings. The lowest BCUT2D eigenvalue weighted by atomic mass is 10.2. The minimum Gasteiger partial charge on any atom is -0.404 e. The molecule has 2 aromatic rings. The standard InChI is InChI=1S/C8H6N6O/c9-8-13-12-7(15-8)5-3-1-2-4-6(5)11-14-10/h1-4H,(H2,9,13). The molecule has 0 bridgehead atoms. The maximum absolute atomic E-state index is 8.36. The molecule has 0 saturated carbocycles. The van der Waals surface area contributed by atoms with Crippen LogP contribution in [0.4, 0.5) is 11.7 Å². The Balaban J connectivity index is 2.56. The molecule has 1 aromatic carbocycles. The SMILES string of the molecule is [N-]=[N+]=Nc1ccccc1-c1nnc(N)o1. The Kier molecular flexibility index (Phi) is 2.22. The largest absolute Gasteiger partial charge is 0.404 e. The van der Waals surface area contributed by atoms with E-state index in [1.165, 1.54) is 0 Å². The first-order valence-electron chi connectivity index (χ1n) is 4.05. The highest BCUT2D eigenvalue weighted by Crippen LogP contribution is 2.29. The van der Waals surface area contributed by atoms with Gasteiger partial charge in [-0.1, -0.05) is 28.4 Å². The van der Waals surface area contributed by atoms with Gasteiger partial charge in [0.05, 0.1) is 5.69 Å². The molecular weight excluding hydrogens is 196 g/mol. The smallest absolute Gasteiger partial charge is 0.313 e. The highest BCUT2D eigenvalue weighted by molar-refractivity contribution is 5.69. The molecule has 7 nitrogen and oxygen atoms in total. The van der Waals surface area contributed by atoms with Crippen molar-refractivity contribution in [2.75, 3.05) is 5.73 Å². The maximum Gasteiger partial charge on any atom is 0.313 e. The molecule has 1 aromatic heterocycles.